The average molecular weight is 216 g/mol. The molecule has 0 fully saturated rings. The predicted octanol–water partition coefficient (Wildman–Crippen LogP) is 2.36. The Morgan fingerprint density at radius 1 is 1.64 bits per heavy atom. The molecule has 0 radical (unpaired) electrons. The van der Waals surface area contributed by atoms with Gasteiger partial charge in [-0.05, 0) is 0 Å². The summed E-state index contributed by atoms with van der Waals surface area (Å²) >= 11 is 11.1. The van der Waals surface area contributed by atoms with E-state index in [2.05, 4.69) is 4.98 Å². The summed E-state index contributed by atoms with van der Waals surface area (Å²) < 4.78 is 22.6. The van der Waals surface area contributed by atoms with Crippen LogP contribution in [0.2, 0.25) is 10.0 Å². The Hall–Kier alpha value is -0.0600. The van der Waals surface area contributed by atoms with Gasteiger partial charge in [-0.3, -0.25) is 4.21 Å². The molecule has 1 aromatic rings. The SMILES string of the molecule is O=S(CF)c1[nH]cc(Cl)c1Cl. The maximum absolute atomic E-state index is 11.8. The molecule has 62 valence electrons. The van der Waals surface area contributed by atoms with Gasteiger partial charge in [-0.15, -0.1) is 0 Å². The smallest absolute Gasteiger partial charge is 0.170 e. The van der Waals surface area contributed by atoms with E-state index in [1.54, 1.807) is 0 Å². The second kappa shape index (κ2) is 3.56. The molecular formula is C5H4Cl2FNOS. The zero-order chi connectivity index (χ0) is 8.43. The minimum atomic E-state index is -1.72. The summed E-state index contributed by atoms with van der Waals surface area (Å²) in [7, 11) is -1.72. The van der Waals surface area contributed by atoms with E-state index in [9.17, 15) is 8.60 Å². The second-order valence-corrected chi connectivity index (χ2v) is 3.84. The Labute approximate surface area is 75.2 Å². The topological polar surface area (TPSA) is 32.9 Å². The van der Waals surface area contributed by atoms with E-state index in [1.165, 1.54) is 6.20 Å². The molecule has 0 saturated heterocycles. The summed E-state index contributed by atoms with van der Waals surface area (Å²) in [6, 6.07) is -0.962. The highest BCUT2D eigenvalue weighted by Crippen LogP contribution is 2.27. The van der Waals surface area contributed by atoms with Crippen molar-refractivity contribution in [2.24, 2.45) is 0 Å². The van der Waals surface area contributed by atoms with Gasteiger partial charge >= 0.3 is 0 Å². The molecule has 1 heterocycles. The van der Waals surface area contributed by atoms with Crippen LogP contribution in [0, 0.1) is 0 Å². The molecule has 1 rings (SSSR count). The van der Waals surface area contributed by atoms with Crippen molar-refractivity contribution in [3.63, 3.8) is 0 Å². The first-order chi connectivity index (χ1) is 5.16. The fourth-order valence-electron chi connectivity index (χ4n) is 0.584. The number of H-pyrrole nitrogens is 1. The van der Waals surface area contributed by atoms with Gasteiger partial charge < -0.3 is 4.98 Å². The monoisotopic (exact) mass is 215 g/mol. The quantitative estimate of drug-likeness (QED) is 0.808. The lowest BCUT2D eigenvalue weighted by molar-refractivity contribution is 0.579. The van der Waals surface area contributed by atoms with Crippen LogP contribution in [0.15, 0.2) is 11.2 Å². The lowest BCUT2D eigenvalue weighted by atomic mass is 10.7. The molecule has 0 aliphatic rings. The van der Waals surface area contributed by atoms with Gasteiger partial charge in [0.05, 0.1) is 10.0 Å². The lowest BCUT2D eigenvalue weighted by Gasteiger charge is -1.92. The van der Waals surface area contributed by atoms with Crippen LogP contribution < -0.4 is 0 Å². The van der Waals surface area contributed by atoms with Gasteiger partial charge in [-0.25, -0.2) is 4.39 Å². The third kappa shape index (κ3) is 1.75. The normalized spacial score (nSPS) is 13.4. The number of hydrogen-bond donors (Lipinski definition) is 1. The van der Waals surface area contributed by atoms with E-state index in [0.717, 1.165) is 0 Å². The third-order valence-corrected chi connectivity index (χ3v) is 2.94. The molecule has 1 aromatic heterocycles. The minimum absolute atomic E-state index is 0.127. The van der Waals surface area contributed by atoms with Crippen molar-refractivity contribution in [2.75, 3.05) is 6.01 Å². The molecule has 6 heteroatoms. The summed E-state index contributed by atoms with van der Waals surface area (Å²) in [5.74, 6) is 0. The first kappa shape index (κ1) is 9.03. The summed E-state index contributed by atoms with van der Waals surface area (Å²) in [5.41, 5.74) is 0. The third-order valence-electron chi connectivity index (χ3n) is 1.07. The number of rotatable bonds is 2. The van der Waals surface area contributed by atoms with Crippen LogP contribution in [0.3, 0.4) is 0 Å². The number of alkyl halides is 1. The Kier molecular flexibility index (Phi) is 2.92. The molecule has 0 spiro atoms. The largest absolute Gasteiger partial charge is 0.352 e. The Bertz CT molecular complexity index is 288. The van der Waals surface area contributed by atoms with Gasteiger partial charge in [-0.1, -0.05) is 23.2 Å². The summed E-state index contributed by atoms with van der Waals surface area (Å²) in [5, 5.41) is 0.519. The van der Waals surface area contributed by atoms with E-state index >= 15 is 0 Å². The van der Waals surface area contributed by atoms with E-state index in [-0.39, 0.29) is 15.1 Å². The van der Waals surface area contributed by atoms with Crippen LogP contribution >= 0.6 is 23.2 Å². The van der Waals surface area contributed by atoms with Crippen molar-refractivity contribution >= 4 is 34.0 Å². The number of aromatic nitrogens is 1. The van der Waals surface area contributed by atoms with Crippen molar-refractivity contribution in [3.8, 4) is 0 Å². The van der Waals surface area contributed by atoms with Crippen LogP contribution in [-0.2, 0) is 10.8 Å². The molecule has 1 N–H and O–H groups in total. The molecule has 0 amide bonds. The Balaban J connectivity index is 3.04. The minimum Gasteiger partial charge on any atom is -0.352 e. The van der Waals surface area contributed by atoms with Crippen LogP contribution in [0.1, 0.15) is 0 Å². The van der Waals surface area contributed by atoms with Crippen molar-refractivity contribution in [3.05, 3.63) is 16.2 Å². The first-order valence-corrected chi connectivity index (χ1v) is 4.71. The molecule has 2 nitrogen and oxygen atoms in total. The molecule has 0 bridgehead atoms. The molecule has 0 aliphatic carbocycles. The summed E-state index contributed by atoms with van der Waals surface area (Å²) in [6.45, 7) is 0. The molecule has 1 atom stereocenters. The highest BCUT2D eigenvalue weighted by atomic mass is 35.5. The fourth-order valence-corrected chi connectivity index (χ4v) is 1.77. The van der Waals surface area contributed by atoms with E-state index in [1.807, 2.05) is 0 Å². The van der Waals surface area contributed by atoms with Gasteiger partial charge in [0.25, 0.3) is 0 Å². The van der Waals surface area contributed by atoms with Crippen molar-refractivity contribution < 1.29 is 8.60 Å². The zero-order valence-electron chi connectivity index (χ0n) is 5.23. The van der Waals surface area contributed by atoms with Crippen molar-refractivity contribution in [1.82, 2.24) is 4.98 Å². The number of hydrogen-bond acceptors (Lipinski definition) is 1. The maximum atomic E-state index is 11.8. The second-order valence-electron chi connectivity index (χ2n) is 1.73. The van der Waals surface area contributed by atoms with Gasteiger partial charge in [0.2, 0.25) is 0 Å². The molecule has 1 unspecified atom stereocenters. The van der Waals surface area contributed by atoms with Crippen molar-refractivity contribution in [2.45, 2.75) is 5.03 Å². The van der Waals surface area contributed by atoms with Gasteiger partial charge in [-0.2, -0.15) is 0 Å². The predicted molar refractivity (Wildman–Crippen MR) is 43.2 cm³/mol. The van der Waals surface area contributed by atoms with Crippen LogP contribution in [-0.4, -0.2) is 15.2 Å². The summed E-state index contributed by atoms with van der Waals surface area (Å²) in [4.78, 5) is 2.52. The van der Waals surface area contributed by atoms with Gasteiger partial charge in [0.15, 0.2) is 6.01 Å². The van der Waals surface area contributed by atoms with Gasteiger partial charge in [0.1, 0.15) is 15.8 Å². The Morgan fingerprint density at radius 2 is 2.27 bits per heavy atom. The lowest BCUT2D eigenvalue weighted by Crippen LogP contribution is -1.92. The highest BCUT2D eigenvalue weighted by molar-refractivity contribution is 7.84. The van der Waals surface area contributed by atoms with Crippen molar-refractivity contribution in [1.29, 1.82) is 0 Å². The summed E-state index contributed by atoms with van der Waals surface area (Å²) in [6.07, 6.45) is 1.37. The highest BCUT2D eigenvalue weighted by Gasteiger charge is 2.12. The van der Waals surface area contributed by atoms with Crippen LogP contribution in [0.25, 0.3) is 0 Å². The molecule has 11 heavy (non-hydrogen) atoms. The fraction of sp³-hybridized carbons (Fsp3) is 0.200. The number of halogens is 3. The van der Waals surface area contributed by atoms with Crippen LogP contribution in [0.5, 0.6) is 0 Å². The average Bonchev–Trinajstić information content (AvgIpc) is 2.32. The molecule has 0 aliphatic heterocycles. The van der Waals surface area contributed by atoms with E-state index in [4.69, 9.17) is 23.2 Å². The maximum Gasteiger partial charge on any atom is 0.170 e. The van der Waals surface area contributed by atoms with Crippen LogP contribution in [0.4, 0.5) is 4.39 Å². The van der Waals surface area contributed by atoms with E-state index < -0.39 is 16.8 Å². The first-order valence-electron chi connectivity index (χ1n) is 2.63. The standard InChI is InChI=1S/C5H4Cl2FNOS/c6-3-1-9-5(4(3)7)11(10)2-8/h1,9H,2H2. The van der Waals surface area contributed by atoms with E-state index in [0.29, 0.717) is 0 Å². The molecular weight excluding hydrogens is 212 g/mol. The number of nitrogens with one attached hydrogen (secondary N) is 1. The zero-order valence-corrected chi connectivity index (χ0v) is 7.56. The molecule has 0 saturated carbocycles. The molecule has 0 aromatic carbocycles. The van der Waals surface area contributed by atoms with Gasteiger partial charge in [0, 0.05) is 6.20 Å². The Morgan fingerprint density at radius 3 is 2.64 bits per heavy atom. The number of aromatic amines is 1.